The molecule has 0 bridgehead atoms. The van der Waals surface area contributed by atoms with Gasteiger partial charge in [-0.2, -0.15) is 4.31 Å². The molecule has 1 atom stereocenters. The molecule has 1 aliphatic heterocycles. The zero-order valence-electron chi connectivity index (χ0n) is 11.5. The van der Waals surface area contributed by atoms with E-state index in [1.165, 1.54) is 19.1 Å². The number of aryl methyl sites for hydroxylation is 1. The van der Waals surface area contributed by atoms with Crippen molar-refractivity contribution in [3.8, 4) is 0 Å². The maximum Gasteiger partial charge on any atom is 0.307 e. The number of benzene rings is 1. The highest BCUT2D eigenvalue weighted by Crippen LogP contribution is 2.35. The van der Waals surface area contributed by atoms with Crippen LogP contribution in [0.1, 0.15) is 12.0 Å². The molecule has 0 radical (unpaired) electrons. The second kappa shape index (κ2) is 5.82. The van der Waals surface area contributed by atoms with E-state index in [2.05, 4.69) is 0 Å². The Hall–Kier alpha value is -1.71. The first-order chi connectivity index (χ1) is 10.1. The number of aliphatic carboxylic acids is 1. The summed E-state index contributed by atoms with van der Waals surface area (Å²) >= 11 is 5.87. The second-order valence-electron chi connectivity index (χ2n) is 5.04. The van der Waals surface area contributed by atoms with E-state index in [1.54, 1.807) is 0 Å². The van der Waals surface area contributed by atoms with Crippen LogP contribution in [-0.2, 0) is 14.8 Å². The number of carboxylic acids is 1. The smallest absolute Gasteiger partial charge is 0.307 e. The van der Waals surface area contributed by atoms with E-state index < -0.39 is 37.5 Å². The third-order valence-electron chi connectivity index (χ3n) is 3.48. The Morgan fingerprint density at radius 2 is 2.14 bits per heavy atom. The second-order valence-corrected chi connectivity index (χ2v) is 7.32. The van der Waals surface area contributed by atoms with E-state index in [1.807, 2.05) is 0 Å². The normalized spacial score (nSPS) is 19.3. The lowest BCUT2D eigenvalue weighted by atomic mass is 10.1. The number of rotatable bonds is 4. The lowest BCUT2D eigenvalue weighted by molar-refractivity contribution is -0.385. The molecule has 22 heavy (non-hydrogen) atoms. The first-order valence-corrected chi connectivity index (χ1v) is 8.14. The van der Waals surface area contributed by atoms with Crippen molar-refractivity contribution in [3.05, 3.63) is 32.8 Å². The molecule has 1 aromatic carbocycles. The highest BCUT2D eigenvalue weighted by molar-refractivity contribution is 7.89. The molecular formula is C12H13ClN2O6S. The largest absolute Gasteiger partial charge is 0.481 e. The minimum absolute atomic E-state index is 0.0391. The summed E-state index contributed by atoms with van der Waals surface area (Å²) in [7, 11) is -4.08. The zero-order valence-corrected chi connectivity index (χ0v) is 13.1. The minimum Gasteiger partial charge on any atom is -0.481 e. The van der Waals surface area contributed by atoms with E-state index in [-0.39, 0.29) is 24.4 Å². The van der Waals surface area contributed by atoms with Gasteiger partial charge in [0.15, 0.2) is 0 Å². The summed E-state index contributed by atoms with van der Waals surface area (Å²) < 4.78 is 26.1. The van der Waals surface area contributed by atoms with Crippen LogP contribution < -0.4 is 0 Å². The first-order valence-electron chi connectivity index (χ1n) is 6.32. The molecule has 1 saturated heterocycles. The highest BCUT2D eigenvalue weighted by Gasteiger charge is 2.38. The SMILES string of the molecule is Cc1cc([N+](=O)[O-])c(Cl)c(S(=O)(=O)N2CCC(C(=O)O)C2)c1. The number of hydrogen-bond donors (Lipinski definition) is 1. The van der Waals surface area contributed by atoms with E-state index in [0.717, 1.165) is 4.31 Å². The molecule has 1 fully saturated rings. The number of carboxylic acid groups (broad SMARTS) is 1. The van der Waals surface area contributed by atoms with E-state index in [4.69, 9.17) is 16.7 Å². The third-order valence-corrected chi connectivity index (χ3v) is 5.88. The van der Waals surface area contributed by atoms with Crippen LogP contribution in [0, 0.1) is 23.0 Å². The Kier molecular flexibility index (Phi) is 4.41. The summed E-state index contributed by atoms with van der Waals surface area (Å²) in [5.74, 6) is -1.85. The predicted octanol–water partition coefficient (Wildman–Crippen LogP) is 1.65. The average molecular weight is 349 g/mol. The monoisotopic (exact) mass is 348 g/mol. The van der Waals surface area contributed by atoms with Gasteiger partial charge >= 0.3 is 5.97 Å². The minimum atomic E-state index is -4.08. The van der Waals surface area contributed by atoms with Gasteiger partial charge in [0.25, 0.3) is 5.69 Å². The summed E-state index contributed by atoms with van der Waals surface area (Å²) in [6, 6.07) is 2.43. The Balaban J connectivity index is 2.47. The fourth-order valence-electron chi connectivity index (χ4n) is 2.32. The van der Waals surface area contributed by atoms with Gasteiger partial charge in [-0.05, 0) is 25.0 Å². The van der Waals surface area contributed by atoms with Crippen molar-refractivity contribution >= 4 is 33.3 Å². The molecule has 0 aromatic heterocycles. The molecule has 8 nitrogen and oxygen atoms in total. The van der Waals surface area contributed by atoms with Crippen LogP contribution in [0.2, 0.25) is 5.02 Å². The number of nitro benzene ring substituents is 1. The Labute approximate surface area is 131 Å². The molecule has 1 N–H and O–H groups in total. The molecule has 1 heterocycles. The molecule has 0 spiro atoms. The van der Waals surface area contributed by atoms with Crippen LogP contribution in [0.3, 0.4) is 0 Å². The topological polar surface area (TPSA) is 118 Å². The summed E-state index contributed by atoms with van der Waals surface area (Å²) in [6.45, 7) is 1.39. The standard InChI is InChI=1S/C12H13ClN2O6S/c1-7-4-9(15(18)19)11(13)10(5-7)22(20,21)14-3-2-8(6-14)12(16)17/h4-5,8H,2-3,6H2,1H3,(H,16,17). The van der Waals surface area contributed by atoms with Crippen LogP contribution >= 0.6 is 11.6 Å². The van der Waals surface area contributed by atoms with Gasteiger partial charge < -0.3 is 5.11 Å². The number of nitrogens with zero attached hydrogens (tertiary/aromatic N) is 2. The number of hydrogen-bond acceptors (Lipinski definition) is 5. The fraction of sp³-hybridized carbons (Fsp3) is 0.417. The van der Waals surface area contributed by atoms with Crippen molar-refractivity contribution in [2.45, 2.75) is 18.2 Å². The molecule has 0 saturated carbocycles. The van der Waals surface area contributed by atoms with Crippen LogP contribution in [0.5, 0.6) is 0 Å². The van der Waals surface area contributed by atoms with Gasteiger partial charge in [0.1, 0.15) is 9.92 Å². The molecule has 1 unspecified atom stereocenters. The Morgan fingerprint density at radius 1 is 1.50 bits per heavy atom. The van der Waals surface area contributed by atoms with Crippen molar-refractivity contribution < 1.29 is 23.2 Å². The molecule has 10 heteroatoms. The van der Waals surface area contributed by atoms with Gasteiger partial charge in [0, 0.05) is 19.2 Å². The van der Waals surface area contributed by atoms with Crippen molar-refractivity contribution in [2.75, 3.05) is 13.1 Å². The Bertz CT molecular complexity index is 748. The van der Waals surface area contributed by atoms with Crippen LogP contribution in [-0.4, -0.2) is 41.8 Å². The number of nitro groups is 1. The van der Waals surface area contributed by atoms with Gasteiger partial charge in [-0.1, -0.05) is 11.6 Å². The van der Waals surface area contributed by atoms with E-state index in [9.17, 15) is 23.3 Å². The van der Waals surface area contributed by atoms with E-state index in [0.29, 0.717) is 5.56 Å². The highest BCUT2D eigenvalue weighted by atomic mass is 35.5. The zero-order chi connectivity index (χ0) is 16.7. The van der Waals surface area contributed by atoms with Crippen molar-refractivity contribution in [3.63, 3.8) is 0 Å². The van der Waals surface area contributed by atoms with Gasteiger partial charge in [0.05, 0.1) is 10.8 Å². The van der Waals surface area contributed by atoms with Crippen LogP contribution in [0.4, 0.5) is 5.69 Å². The average Bonchev–Trinajstić information content (AvgIpc) is 2.91. The van der Waals surface area contributed by atoms with Gasteiger partial charge in [-0.15, -0.1) is 0 Å². The van der Waals surface area contributed by atoms with E-state index >= 15 is 0 Å². The lowest BCUT2D eigenvalue weighted by Crippen LogP contribution is -2.30. The molecular weight excluding hydrogens is 336 g/mol. The molecule has 120 valence electrons. The first kappa shape index (κ1) is 16.7. The van der Waals surface area contributed by atoms with Crippen molar-refractivity contribution in [2.24, 2.45) is 5.92 Å². The number of carbonyl (C=O) groups is 1. The maximum absolute atomic E-state index is 12.6. The summed E-state index contributed by atoms with van der Waals surface area (Å²) in [6.07, 6.45) is 0.195. The van der Waals surface area contributed by atoms with Crippen molar-refractivity contribution in [1.29, 1.82) is 0 Å². The fourth-order valence-corrected chi connectivity index (χ4v) is 4.46. The summed E-state index contributed by atoms with van der Waals surface area (Å²) in [5, 5.41) is 19.4. The lowest BCUT2D eigenvalue weighted by Gasteiger charge is -2.17. The summed E-state index contributed by atoms with van der Waals surface area (Å²) in [4.78, 5) is 20.8. The van der Waals surface area contributed by atoms with Gasteiger partial charge in [-0.25, -0.2) is 8.42 Å². The number of halogens is 1. The molecule has 2 rings (SSSR count). The molecule has 0 amide bonds. The van der Waals surface area contributed by atoms with Gasteiger partial charge in [0.2, 0.25) is 10.0 Å². The number of sulfonamides is 1. The molecule has 0 aliphatic carbocycles. The van der Waals surface area contributed by atoms with Crippen molar-refractivity contribution in [1.82, 2.24) is 4.31 Å². The predicted molar refractivity (Wildman–Crippen MR) is 77.3 cm³/mol. The molecule has 1 aliphatic rings. The van der Waals surface area contributed by atoms with Crippen LogP contribution in [0.15, 0.2) is 17.0 Å². The Morgan fingerprint density at radius 3 is 2.64 bits per heavy atom. The maximum atomic E-state index is 12.6. The molecule has 1 aromatic rings. The third kappa shape index (κ3) is 2.92. The quantitative estimate of drug-likeness (QED) is 0.653. The van der Waals surface area contributed by atoms with Crippen LogP contribution in [0.25, 0.3) is 0 Å². The van der Waals surface area contributed by atoms with Gasteiger partial charge in [-0.3, -0.25) is 14.9 Å². The summed E-state index contributed by atoms with van der Waals surface area (Å²) in [5.41, 5.74) is -0.113.